The number of carbonyl (C=O) groups excluding carboxylic acids is 1. The summed E-state index contributed by atoms with van der Waals surface area (Å²) in [4.78, 5) is 19.1. The predicted molar refractivity (Wildman–Crippen MR) is 106 cm³/mol. The number of rotatable bonds is 10. The average Bonchev–Trinajstić information content (AvgIpc) is 3.00. The smallest absolute Gasteiger partial charge is 0.313 e. The molecule has 0 N–H and O–H groups in total. The number of hydrogen-bond donors (Lipinski definition) is 0. The first-order valence-electron chi connectivity index (χ1n) is 10.1. The number of carbonyl (C=O) groups is 1. The third-order valence-electron chi connectivity index (χ3n) is 4.96. The molecule has 0 bridgehead atoms. The van der Waals surface area contributed by atoms with Crippen LogP contribution in [0.4, 0.5) is 0 Å². The normalized spacial score (nSPS) is 16.8. The molecule has 0 aromatic carbocycles. The van der Waals surface area contributed by atoms with E-state index in [0.717, 1.165) is 25.3 Å². The molecule has 1 atom stereocenters. The van der Waals surface area contributed by atoms with Gasteiger partial charge in [0.2, 0.25) is 0 Å². The SMILES string of the molecule is CCCCCCCCC(C)(C)C1=NCCN1C(C)OC(=O)C(C)(C)C. The van der Waals surface area contributed by atoms with Crippen molar-refractivity contribution in [2.24, 2.45) is 15.8 Å². The minimum Gasteiger partial charge on any atom is -0.441 e. The highest BCUT2D eigenvalue weighted by Crippen LogP contribution is 2.31. The lowest BCUT2D eigenvalue weighted by atomic mass is 9.84. The minimum atomic E-state index is -0.473. The summed E-state index contributed by atoms with van der Waals surface area (Å²) >= 11 is 0. The summed E-state index contributed by atoms with van der Waals surface area (Å²) in [5, 5.41) is 0. The van der Waals surface area contributed by atoms with Gasteiger partial charge in [0.25, 0.3) is 0 Å². The second-order valence-corrected chi connectivity index (χ2v) is 9.05. The molecule has 0 saturated heterocycles. The first-order valence-corrected chi connectivity index (χ1v) is 10.1. The summed E-state index contributed by atoms with van der Waals surface area (Å²) in [6, 6.07) is 0. The molecule has 1 aliphatic heterocycles. The van der Waals surface area contributed by atoms with Crippen molar-refractivity contribution in [2.75, 3.05) is 13.1 Å². The van der Waals surface area contributed by atoms with Gasteiger partial charge in [-0.15, -0.1) is 0 Å². The van der Waals surface area contributed by atoms with Gasteiger partial charge in [-0.1, -0.05) is 59.3 Å². The molecule has 1 heterocycles. The van der Waals surface area contributed by atoms with Gasteiger partial charge in [-0.25, -0.2) is 0 Å². The van der Waals surface area contributed by atoms with E-state index in [1.807, 2.05) is 27.7 Å². The van der Waals surface area contributed by atoms with Crippen LogP contribution in [0, 0.1) is 10.8 Å². The van der Waals surface area contributed by atoms with Crippen molar-refractivity contribution in [3.8, 4) is 0 Å². The third kappa shape index (κ3) is 6.99. The summed E-state index contributed by atoms with van der Waals surface area (Å²) in [5.74, 6) is 0.954. The monoisotopic (exact) mass is 352 g/mol. The van der Waals surface area contributed by atoms with Gasteiger partial charge in [0.05, 0.1) is 12.0 Å². The van der Waals surface area contributed by atoms with Gasteiger partial charge >= 0.3 is 5.97 Å². The van der Waals surface area contributed by atoms with Crippen molar-refractivity contribution in [2.45, 2.75) is 99.6 Å². The molecule has 0 aromatic rings. The number of hydrogen-bond acceptors (Lipinski definition) is 4. The Hall–Kier alpha value is -1.06. The molecular weight excluding hydrogens is 312 g/mol. The first-order chi connectivity index (χ1) is 11.6. The van der Waals surface area contributed by atoms with E-state index < -0.39 is 5.41 Å². The topological polar surface area (TPSA) is 41.9 Å². The lowest BCUT2D eigenvalue weighted by Gasteiger charge is -2.36. The molecular formula is C21H40N2O2. The Morgan fingerprint density at radius 3 is 2.32 bits per heavy atom. The molecule has 1 aliphatic rings. The highest BCUT2D eigenvalue weighted by Gasteiger charge is 2.36. The predicted octanol–water partition coefficient (Wildman–Crippen LogP) is 5.41. The van der Waals surface area contributed by atoms with E-state index >= 15 is 0 Å². The third-order valence-corrected chi connectivity index (χ3v) is 4.96. The van der Waals surface area contributed by atoms with E-state index in [1.165, 1.54) is 38.5 Å². The number of nitrogens with zero attached hydrogens (tertiary/aromatic N) is 2. The van der Waals surface area contributed by atoms with Gasteiger partial charge in [0.1, 0.15) is 5.84 Å². The molecule has 25 heavy (non-hydrogen) atoms. The van der Waals surface area contributed by atoms with E-state index in [4.69, 9.17) is 9.73 Å². The molecule has 4 nitrogen and oxygen atoms in total. The number of esters is 1. The van der Waals surface area contributed by atoms with E-state index in [-0.39, 0.29) is 17.6 Å². The highest BCUT2D eigenvalue weighted by molar-refractivity contribution is 5.89. The van der Waals surface area contributed by atoms with Crippen molar-refractivity contribution in [3.05, 3.63) is 0 Å². The Bertz CT molecular complexity index is 449. The Morgan fingerprint density at radius 1 is 1.12 bits per heavy atom. The number of ether oxygens (including phenoxy) is 1. The van der Waals surface area contributed by atoms with Crippen LogP contribution in [-0.2, 0) is 9.53 Å². The van der Waals surface area contributed by atoms with E-state index in [2.05, 4.69) is 25.7 Å². The van der Waals surface area contributed by atoms with Crippen molar-refractivity contribution in [1.82, 2.24) is 4.90 Å². The van der Waals surface area contributed by atoms with Crippen LogP contribution in [0.25, 0.3) is 0 Å². The Morgan fingerprint density at radius 2 is 1.72 bits per heavy atom. The van der Waals surface area contributed by atoms with Gasteiger partial charge < -0.3 is 9.64 Å². The molecule has 4 heteroatoms. The molecule has 0 fully saturated rings. The quantitative estimate of drug-likeness (QED) is 0.390. The maximum Gasteiger partial charge on any atom is 0.313 e. The Kier molecular flexibility index (Phi) is 8.43. The van der Waals surface area contributed by atoms with Crippen molar-refractivity contribution in [1.29, 1.82) is 0 Å². The molecule has 0 aromatic heterocycles. The largest absolute Gasteiger partial charge is 0.441 e. The zero-order chi connectivity index (χ0) is 19.1. The van der Waals surface area contributed by atoms with Crippen LogP contribution >= 0.6 is 0 Å². The Labute approximate surface area is 155 Å². The molecule has 0 saturated carbocycles. The number of unbranched alkanes of at least 4 members (excludes halogenated alkanes) is 5. The fourth-order valence-corrected chi connectivity index (χ4v) is 3.27. The average molecular weight is 353 g/mol. The van der Waals surface area contributed by atoms with Crippen LogP contribution in [0.2, 0.25) is 0 Å². The zero-order valence-corrected chi connectivity index (χ0v) is 17.7. The second kappa shape index (κ2) is 9.59. The maximum atomic E-state index is 12.2. The molecule has 146 valence electrons. The minimum absolute atomic E-state index is 0.0314. The molecule has 0 aliphatic carbocycles. The standard InChI is InChI=1S/C21H40N2O2/c1-8-9-10-11-12-13-14-21(6,7)18-22-15-16-23(18)17(2)25-19(24)20(3,4)5/h17H,8-16H2,1-7H3. The lowest BCUT2D eigenvalue weighted by molar-refractivity contribution is -0.163. The maximum absolute atomic E-state index is 12.2. The fourth-order valence-electron chi connectivity index (χ4n) is 3.27. The summed E-state index contributed by atoms with van der Waals surface area (Å²) in [5.41, 5.74) is -0.442. The van der Waals surface area contributed by atoms with Crippen molar-refractivity contribution in [3.63, 3.8) is 0 Å². The highest BCUT2D eigenvalue weighted by atomic mass is 16.6. The van der Waals surface area contributed by atoms with Gasteiger partial charge in [-0.05, 0) is 34.1 Å². The molecule has 1 unspecified atom stereocenters. The lowest BCUT2D eigenvalue weighted by Crippen LogP contribution is -2.46. The summed E-state index contributed by atoms with van der Waals surface area (Å²) in [6.07, 6.45) is 8.74. The van der Waals surface area contributed by atoms with Crippen LogP contribution in [0.1, 0.15) is 93.4 Å². The molecule has 1 rings (SSSR count). The van der Waals surface area contributed by atoms with Crippen molar-refractivity contribution < 1.29 is 9.53 Å². The number of amidine groups is 1. The van der Waals surface area contributed by atoms with Gasteiger partial charge in [0.15, 0.2) is 6.23 Å². The van der Waals surface area contributed by atoms with Crippen LogP contribution < -0.4 is 0 Å². The van der Waals surface area contributed by atoms with Crippen LogP contribution in [0.5, 0.6) is 0 Å². The molecule has 0 amide bonds. The molecule has 0 radical (unpaired) electrons. The van der Waals surface area contributed by atoms with E-state index in [9.17, 15) is 4.79 Å². The van der Waals surface area contributed by atoms with Crippen molar-refractivity contribution >= 4 is 11.8 Å². The number of aliphatic imine (C=N–C) groups is 1. The summed E-state index contributed by atoms with van der Waals surface area (Å²) in [6.45, 7) is 16.1. The second-order valence-electron chi connectivity index (χ2n) is 9.05. The van der Waals surface area contributed by atoms with Gasteiger partial charge in [-0.2, -0.15) is 0 Å². The Balaban J connectivity index is 2.55. The van der Waals surface area contributed by atoms with Crippen LogP contribution in [0.3, 0.4) is 0 Å². The van der Waals surface area contributed by atoms with E-state index in [1.54, 1.807) is 0 Å². The van der Waals surface area contributed by atoms with Gasteiger partial charge in [0, 0.05) is 12.0 Å². The molecule has 0 spiro atoms. The fraction of sp³-hybridized carbons (Fsp3) is 0.905. The first kappa shape index (κ1) is 22.0. The summed E-state index contributed by atoms with van der Waals surface area (Å²) < 4.78 is 5.70. The summed E-state index contributed by atoms with van der Waals surface area (Å²) in [7, 11) is 0. The zero-order valence-electron chi connectivity index (χ0n) is 17.7. The van der Waals surface area contributed by atoms with E-state index in [0.29, 0.717) is 0 Å². The van der Waals surface area contributed by atoms with Gasteiger partial charge in [-0.3, -0.25) is 9.79 Å². The van der Waals surface area contributed by atoms with Crippen LogP contribution in [-0.4, -0.2) is 36.0 Å². The van der Waals surface area contributed by atoms with Crippen LogP contribution in [0.15, 0.2) is 4.99 Å².